The van der Waals surface area contributed by atoms with Gasteiger partial charge in [0.1, 0.15) is 5.82 Å². The van der Waals surface area contributed by atoms with Crippen LogP contribution in [-0.2, 0) is 0 Å². The average Bonchev–Trinajstić information content (AvgIpc) is 2.50. The summed E-state index contributed by atoms with van der Waals surface area (Å²) in [5, 5.41) is 1.47. The third kappa shape index (κ3) is 2.59. The van der Waals surface area contributed by atoms with E-state index in [0.29, 0.717) is 5.39 Å². The van der Waals surface area contributed by atoms with Crippen molar-refractivity contribution >= 4 is 26.7 Å². The lowest BCUT2D eigenvalue weighted by Gasteiger charge is -2.17. The molecule has 2 N–H and O–H groups in total. The van der Waals surface area contributed by atoms with Gasteiger partial charge in [-0.05, 0) is 35.6 Å². The van der Waals surface area contributed by atoms with Crippen LogP contribution in [0.5, 0.6) is 0 Å². The molecule has 0 aliphatic heterocycles. The van der Waals surface area contributed by atoms with Crippen LogP contribution in [0, 0.1) is 12.7 Å². The van der Waals surface area contributed by atoms with Crippen LogP contribution in [0.4, 0.5) is 4.39 Å². The zero-order valence-electron chi connectivity index (χ0n) is 11.6. The van der Waals surface area contributed by atoms with Gasteiger partial charge in [0.25, 0.3) is 0 Å². The van der Waals surface area contributed by atoms with E-state index in [2.05, 4.69) is 22.0 Å². The molecule has 0 spiro atoms. The average molecular weight is 344 g/mol. The Morgan fingerprint density at radius 1 is 0.952 bits per heavy atom. The quantitative estimate of drug-likeness (QED) is 0.688. The first kappa shape index (κ1) is 14.2. The van der Waals surface area contributed by atoms with E-state index in [1.54, 1.807) is 12.1 Å². The Kier molecular flexibility index (Phi) is 3.79. The Morgan fingerprint density at radius 2 is 1.67 bits per heavy atom. The van der Waals surface area contributed by atoms with Crippen molar-refractivity contribution in [2.45, 2.75) is 13.0 Å². The van der Waals surface area contributed by atoms with E-state index in [1.807, 2.05) is 37.3 Å². The summed E-state index contributed by atoms with van der Waals surface area (Å²) in [4.78, 5) is 0. The number of hydrogen-bond acceptors (Lipinski definition) is 1. The molecule has 1 unspecified atom stereocenters. The van der Waals surface area contributed by atoms with Crippen molar-refractivity contribution in [1.82, 2.24) is 0 Å². The van der Waals surface area contributed by atoms with E-state index in [4.69, 9.17) is 5.73 Å². The molecule has 0 saturated carbocycles. The van der Waals surface area contributed by atoms with Gasteiger partial charge in [-0.3, -0.25) is 0 Å². The highest BCUT2D eigenvalue weighted by molar-refractivity contribution is 9.10. The minimum atomic E-state index is -0.301. The standard InChI is InChI=1S/C18H15BrFN/c1-11-6-8-16(19)15(10-11)18(21)14-7-9-17(20)13-5-3-2-4-12(13)14/h2-10,18H,21H2,1H3. The van der Waals surface area contributed by atoms with Gasteiger partial charge in [0.05, 0.1) is 6.04 Å². The van der Waals surface area contributed by atoms with Gasteiger partial charge in [-0.2, -0.15) is 0 Å². The highest BCUT2D eigenvalue weighted by Crippen LogP contribution is 2.32. The fourth-order valence-corrected chi connectivity index (χ4v) is 3.12. The summed E-state index contributed by atoms with van der Waals surface area (Å²) in [6.45, 7) is 2.03. The molecule has 106 valence electrons. The number of fused-ring (bicyclic) bond motifs is 1. The van der Waals surface area contributed by atoms with Crippen LogP contribution in [0.2, 0.25) is 0 Å². The van der Waals surface area contributed by atoms with Gasteiger partial charge >= 0.3 is 0 Å². The van der Waals surface area contributed by atoms with Gasteiger partial charge < -0.3 is 5.73 Å². The molecular weight excluding hydrogens is 329 g/mol. The van der Waals surface area contributed by atoms with Gasteiger partial charge in [0, 0.05) is 9.86 Å². The van der Waals surface area contributed by atoms with Gasteiger partial charge in [-0.1, -0.05) is 64.0 Å². The fourth-order valence-electron chi connectivity index (χ4n) is 2.63. The molecule has 0 amide bonds. The molecule has 0 aliphatic carbocycles. The molecule has 3 aromatic rings. The number of rotatable bonds is 2. The summed E-state index contributed by atoms with van der Waals surface area (Å²) in [6.07, 6.45) is 0. The summed E-state index contributed by atoms with van der Waals surface area (Å²) >= 11 is 3.55. The lowest BCUT2D eigenvalue weighted by Crippen LogP contribution is -2.13. The Bertz CT molecular complexity index is 813. The minimum absolute atomic E-state index is 0.218. The van der Waals surface area contributed by atoms with Crippen LogP contribution >= 0.6 is 15.9 Å². The zero-order chi connectivity index (χ0) is 15.0. The van der Waals surface area contributed by atoms with Crippen LogP contribution in [-0.4, -0.2) is 0 Å². The summed E-state index contributed by atoms with van der Waals surface area (Å²) in [5.74, 6) is -0.218. The lowest BCUT2D eigenvalue weighted by atomic mass is 9.93. The molecule has 0 fully saturated rings. The summed E-state index contributed by atoms with van der Waals surface area (Å²) in [6, 6.07) is 16.5. The lowest BCUT2D eigenvalue weighted by molar-refractivity contribution is 0.639. The van der Waals surface area contributed by atoms with E-state index in [-0.39, 0.29) is 11.9 Å². The van der Waals surface area contributed by atoms with Crippen molar-refractivity contribution in [3.8, 4) is 0 Å². The molecule has 0 bridgehead atoms. The van der Waals surface area contributed by atoms with Crippen LogP contribution in [0.1, 0.15) is 22.7 Å². The van der Waals surface area contributed by atoms with Crippen molar-refractivity contribution in [2.75, 3.05) is 0 Å². The number of hydrogen-bond donors (Lipinski definition) is 1. The van der Waals surface area contributed by atoms with Crippen LogP contribution < -0.4 is 5.73 Å². The van der Waals surface area contributed by atoms with E-state index in [1.165, 1.54) is 6.07 Å². The molecule has 0 radical (unpaired) electrons. The fraction of sp³-hybridized carbons (Fsp3) is 0.111. The van der Waals surface area contributed by atoms with E-state index in [0.717, 1.165) is 26.5 Å². The SMILES string of the molecule is Cc1ccc(Br)c(C(N)c2ccc(F)c3ccccc23)c1. The van der Waals surface area contributed by atoms with Crippen molar-refractivity contribution < 1.29 is 4.39 Å². The number of benzene rings is 3. The maximum Gasteiger partial charge on any atom is 0.131 e. The predicted molar refractivity (Wildman–Crippen MR) is 88.8 cm³/mol. The highest BCUT2D eigenvalue weighted by atomic mass is 79.9. The third-order valence-corrected chi connectivity index (χ3v) is 4.45. The van der Waals surface area contributed by atoms with Crippen molar-refractivity contribution in [2.24, 2.45) is 5.73 Å². The first-order valence-corrected chi connectivity index (χ1v) is 7.56. The summed E-state index contributed by atoms with van der Waals surface area (Å²) in [7, 11) is 0. The topological polar surface area (TPSA) is 26.0 Å². The Labute approximate surface area is 131 Å². The Morgan fingerprint density at radius 3 is 2.43 bits per heavy atom. The molecule has 3 aromatic carbocycles. The number of aryl methyl sites for hydroxylation is 1. The second kappa shape index (κ2) is 5.58. The van der Waals surface area contributed by atoms with Crippen LogP contribution in [0.3, 0.4) is 0 Å². The molecule has 0 saturated heterocycles. The molecule has 1 atom stereocenters. The van der Waals surface area contributed by atoms with E-state index < -0.39 is 0 Å². The Hall–Kier alpha value is -1.71. The molecule has 0 aromatic heterocycles. The highest BCUT2D eigenvalue weighted by Gasteiger charge is 2.16. The summed E-state index contributed by atoms with van der Waals surface area (Å²) in [5.41, 5.74) is 9.53. The maximum absolute atomic E-state index is 13.9. The number of nitrogens with two attached hydrogens (primary N) is 1. The van der Waals surface area contributed by atoms with Crippen LogP contribution in [0.15, 0.2) is 59.1 Å². The first-order valence-electron chi connectivity index (χ1n) is 6.76. The predicted octanol–water partition coefficient (Wildman–Crippen LogP) is 5.10. The molecular formula is C18H15BrFN. The maximum atomic E-state index is 13.9. The minimum Gasteiger partial charge on any atom is -0.320 e. The van der Waals surface area contributed by atoms with Crippen LogP contribution in [0.25, 0.3) is 10.8 Å². The Balaban J connectivity index is 2.20. The monoisotopic (exact) mass is 343 g/mol. The normalized spacial score (nSPS) is 12.6. The van der Waals surface area contributed by atoms with Gasteiger partial charge in [-0.15, -0.1) is 0 Å². The van der Waals surface area contributed by atoms with E-state index >= 15 is 0 Å². The first-order chi connectivity index (χ1) is 10.1. The molecule has 21 heavy (non-hydrogen) atoms. The smallest absolute Gasteiger partial charge is 0.131 e. The van der Waals surface area contributed by atoms with Crippen molar-refractivity contribution in [3.05, 3.63) is 81.6 Å². The largest absolute Gasteiger partial charge is 0.320 e. The van der Waals surface area contributed by atoms with Gasteiger partial charge in [0.2, 0.25) is 0 Å². The van der Waals surface area contributed by atoms with Crippen molar-refractivity contribution in [1.29, 1.82) is 0 Å². The van der Waals surface area contributed by atoms with Gasteiger partial charge in [0.15, 0.2) is 0 Å². The molecule has 0 heterocycles. The molecule has 3 rings (SSSR count). The molecule has 0 aliphatic rings. The third-order valence-electron chi connectivity index (χ3n) is 3.73. The molecule has 3 heteroatoms. The van der Waals surface area contributed by atoms with E-state index in [9.17, 15) is 4.39 Å². The molecule has 1 nitrogen and oxygen atoms in total. The second-order valence-corrected chi connectivity index (χ2v) is 6.04. The zero-order valence-corrected chi connectivity index (χ0v) is 13.2. The summed E-state index contributed by atoms with van der Waals surface area (Å²) < 4.78 is 14.9. The number of halogens is 2. The second-order valence-electron chi connectivity index (χ2n) is 5.18. The van der Waals surface area contributed by atoms with Gasteiger partial charge in [-0.25, -0.2) is 4.39 Å². The van der Waals surface area contributed by atoms with Crippen molar-refractivity contribution in [3.63, 3.8) is 0 Å².